The molecule has 154 valence electrons. The van der Waals surface area contributed by atoms with E-state index in [1.165, 1.54) is 0 Å². The van der Waals surface area contributed by atoms with Gasteiger partial charge < -0.3 is 4.90 Å². The van der Waals surface area contributed by atoms with Gasteiger partial charge in [-0.05, 0) is 50.8 Å². The van der Waals surface area contributed by atoms with Crippen LogP contribution in [-0.2, 0) is 22.7 Å². The Bertz CT molecular complexity index is 888. The Labute approximate surface area is 168 Å². The second-order valence-corrected chi connectivity index (χ2v) is 8.96. The summed E-state index contributed by atoms with van der Waals surface area (Å²) >= 11 is 5.69. The monoisotopic (exact) mass is 434 g/mol. The number of halogens is 4. The normalized spacial score (nSPS) is 12.7. The van der Waals surface area contributed by atoms with Crippen LogP contribution >= 0.6 is 11.6 Å². The zero-order valence-corrected chi connectivity index (χ0v) is 17.2. The number of rotatable bonds is 8. The van der Waals surface area contributed by atoms with Gasteiger partial charge in [-0.25, -0.2) is 8.42 Å². The van der Waals surface area contributed by atoms with Crippen molar-refractivity contribution >= 4 is 21.6 Å². The summed E-state index contributed by atoms with van der Waals surface area (Å²) in [6, 6.07) is 11.5. The smallest absolute Gasteiger partial charge is 0.309 e. The molecule has 0 heterocycles. The molecule has 2 rings (SSSR count). The van der Waals surface area contributed by atoms with E-state index in [9.17, 15) is 21.6 Å². The van der Waals surface area contributed by atoms with Crippen molar-refractivity contribution < 1.29 is 21.6 Å². The number of hydrogen-bond donors (Lipinski definition) is 0. The summed E-state index contributed by atoms with van der Waals surface area (Å²) < 4.78 is 67.8. The van der Waals surface area contributed by atoms with Gasteiger partial charge in [0.05, 0.1) is 10.5 Å². The van der Waals surface area contributed by atoms with Crippen LogP contribution in [0.3, 0.4) is 0 Å². The van der Waals surface area contributed by atoms with Crippen molar-refractivity contribution in [2.24, 2.45) is 0 Å². The van der Waals surface area contributed by atoms with Crippen LogP contribution in [-0.4, -0.2) is 44.8 Å². The molecule has 0 fully saturated rings. The van der Waals surface area contributed by atoms with Gasteiger partial charge in [-0.2, -0.15) is 17.5 Å². The molecule has 9 heteroatoms. The Kier molecular flexibility index (Phi) is 7.50. The van der Waals surface area contributed by atoms with Gasteiger partial charge >= 0.3 is 6.18 Å². The van der Waals surface area contributed by atoms with Crippen molar-refractivity contribution in [3.63, 3.8) is 0 Å². The number of sulfonamides is 1. The van der Waals surface area contributed by atoms with Crippen LogP contribution in [0.5, 0.6) is 0 Å². The Balaban J connectivity index is 2.45. The molecule has 0 N–H and O–H groups in total. The first kappa shape index (κ1) is 22.7. The molecule has 0 atom stereocenters. The van der Waals surface area contributed by atoms with Crippen LogP contribution in [0.25, 0.3) is 0 Å². The summed E-state index contributed by atoms with van der Waals surface area (Å²) in [5, 5.41) is -0.173. The Morgan fingerprint density at radius 3 is 2.21 bits per heavy atom. The molecular weight excluding hydrogens is 413 g/mol. The third-order valence-corrected chi connectivity index (χ3v) is 6.22. The highest BCUT2D eigenvalue weighted by Crippen LogP contribution is 2.37. The maximum absolute atomic E-state index is 13.5. The summed E-state index contributed by atoms with van der Waals surface area (Å²) in [5.74, 6) is 0. The first-order valence-corrected chi connectivity index (χ1v) is 10.4. The fraction of sp³-hybridized carbons (Fsp3) is 0.368. The van der Waals surface area contributed by atoms with Gasteiger partial charge in [0, 0.05) is 18.1 Å². The molecule has 0 saturated carbocycles. The van der Waals surface area contributed by atoms with Gasteiger partial charge in [-0.3, -0.25) is 0 Å². The van der Waals surface area contributed by atoms with Crippen molar-refractivity contribution in [1.82, 2.24) is 9.21 Å². The van der Waals surface area contributed by atoms with Gasteiger partial charge in [0.15, 0.2) is 0 Å². The highest BCUT2D eigenvalue weighted by molar-refractivity contribution is 7.89. The fourth-order valence-corrected chi connectivity index (χ4v) is 4.55. The van der Waals surface area contributed by atoms with E-state index in [0.717, 1.165) is 16.4 Å². The lowest BCUT2D eigenvalue weighted by Crippen LogP contribution is -2.34. The summed E-state index contributed by atoms with van der Waals surface area (Å²) in [6.07, 6.45) is -4.36. The molecule has 4 nitrogen and oxygen atoms in total. The van der Waals surface area contributed by atoms with E-state index in [0.29, 0.717) is 24.6 Å². The van der Waals surface area contributed by atoms with E-state index in [-0.39, 0.29) is 18.1 Å². The van der Waals surface area contributed by atoms with E-state index in [1.54, 1.807) is 30.3 Å². The van der Waals surface area contributed by atoms with Crippen LogP contribution in [0.1, 0.15) is 17.5 Å². The maximum Gasteiger partial charge on any atom is 0.417 e. The van der Waals surface area contributed by atoms with Crippen LogP contribution < -0.4 is 0 Å². The second-order valence-electron chi connectivity index (χ2n) is 6.62. The van der Waals surface area contributed by atoms with E-state index >= 15 is 0 Å². The average molecular weight is 435 g/mol. The molecule has 0 aromatic heterocycles. The molecule has 0 aliphatic carbocycles. The summed E-state index contributed by atoms with van der Waals surface area (Å²) in [6.45, 7) is 0.680. The van der Waals surface area contributed by atoms with Crippen LogP contribution in [0.15, 0.2) is 53.4 Å². The minimum Gasteiger partial charge on any atom is -0.309 e. The zero-order valence-electron chi connectivity index (χ0n) is 15.6. The van der Waals surface area contributed by atoms with E-state index in [4.69, 9.17) is 11.6 Å². The molecule has 0 spiro atoms. The number of hydrogen-bond acceptors (Lipinski definition) is 3. The standard InChI is InChI=1S/C19H22ClF3N2O2S/c1-24(2)11-6-12-25(14-15-7-4-3-5-8-15)28(26,27)18-10-9-16(20)13-17(18)19(21,22)23/h3-5,7-10,13H,6,11-12,14H2,1-2H3. The fourth-order valence-electron chi connectivity index (χ4n) is 2.72. The van der Waals surface area contributed by atoms with Crippen molar-refractivity contribution in [3.05, 3.63) is 64.7 Å². The van der Waals surface area contributed by atoms with Gasteiger partial charge in [0.2, 0.25) is 10.0 Å². The minimum absolute atomic E-state index is 0.0173. The van der Waals surface area contributed by atoms with Crippen molar-refractivity contribution in [2.75, 3.05) is 27.2 Å². The Hall–Kier alpha value is -1.61. The lowest BCUT2D eigenvalue weighted by Gasteiger charge is -2.25. The van der Waals surface area contributed by atoms with Crippen molar-refractivity contribution in [3.8, 4) is 0 Å². The predicted octanol–water partition coefficient (Wildman–Crippen LogP) is 4.50. The highest BCUT2D eigenvalue weighted by atomic mass is 35.5. The molecule has 2 aromatic rings. The predicted molar refractivity (Wildman–Crippen MR) is 104 cm³/mol. The van der Waals surface area contributed by atoms with Gasteiger partial charge in [0.1, 0.15) is 0 Å². The van der Waals surface area contributed by atoms with Crippen molar-refractivity contribution in [2.45, 2.75) is 24.0 Å². The van der Waals surface area contributed by atoms with Gasteiger partial charge in [-0.15, -0.1) is 0 Å². The van der Waals surface area contributed by atoms with E-state index in [1.807, 2.05) is 19.0 Å². The molecule has 0 aliphatic heterocycles. The Morgan fingerprint density at radius 2 is 1.64 bits per heavy atom. The van der Waals surface area contributed by atoms with Crippen molar-refractivity contribution in [1.29, 1.82) is 0 Å². The largest absolute Gasteiger partial charge is 0.417 e. The first-order valence-electron chi connectivity index (χ1n) is 8.57. The summed E-state index contributed by atoms with van der Waals surface area (Å²) in [4.78, 5) is 1.10. The topological polar surface area (TPSA) is 40.6 Å². The molecule has 0 amide bonds. The highest BCUT2D eigenvalue weighted by Gasteiger charge is 2.39. The first-order chi connectivity index (χ1) is 13.0. The lowest BCUT2D eigenvalue weighted by molar-refractivity contribution is -0.139. The molecule has 0 bridgehead atoms. The van der Waals surface area contributed by atoms with Gasteiger partial charge in [-0.1, -0.05) is 41.9 Å². The molecule has 0 unspecified atom stereocenters. The lowest BCUT2D eigenvalue weighted by atomic mass is 10.2. The number of benzene rings is 2. The third kappa shape index (κ3) is 5.94. The summed E-state index contributed by atoms with van der Waals surface area (Å²) in [5.41, 5.74) is -0.566. The zero-order chi connectivity index (χ0) is 20.9. The van der Waals surface area contributed by atoms with E-state index < -0.39 is 26.7 Å². The quantitative estimate of drug-likeness (QED) is 0.614. The number of alkyl halides is 3. The SMILES string of the molecule is CN(C)CCCN(Cc1ccccc1)S(=O)(=O)c1ccc(Cl)cc1C(F)(F)F. The van der Waals surface area contributed by atoms with Crippen LogP contribution in [0.2, 0.25) is 5.02 Å². The average Bonchev–Trinajstić information content (AvgIpc) is 2.60. The molecule has 0 saturated heterocycles. The van der Waals surface area contributed by atoms with Crippen LogP contribution in [0.4, 0.5) is 13.2 Å². The minimum atomic E-state index is -4.84. The van der Waals surface area contributed by atoms with E-state index in [2.05, 4.69) is 0 Å². The van der Waals surface area contributed by atoms with Gasteiger partial charge in [0.25, 0.3) is 0 Å². The second kappa shape index (κ2) is 9.26. The molecule has 0 aliphatic rings. The van der Waals surface area contributed by atoms with Crippen LogP contribution in [0, 0.1) is 0 Å². The third-order valence-electron chi connectivity index (χ3n) is 4.08. The summed E-state index contributed by atoms with van der Waals surface area (Å²) in [7, 11) is -0.703. The number of nitrogens with zero attached hydrogens (tertiary/aromatic N) is 2. The molecule has 28 heavy (non-hydrogen) atoms. The molecule has 0 radical (unpaired) electrons. The molecule has 2 aromatic carbocycles. The Morgan fingerprint density at radius 1 is 1.00 bits per heavy atom. The maximum atomic E-state index is 13.5. The molecular formula is C19H22ClF3N2O2S.